The van der Waals surface area contributed by atoms with Gasteiger partial charge in [-0.2, -0.15) is 0 Å². The molecule has 1 aromatic rings. The van der Waals surface area contributed by atoms with Gasteiger partial charge in [-0.3, -0.25) is 4.79 Å². The van der Waals surface area contributed by atoms with E-state index in [9.17, 15) is 9.59 Å². The molecule has 0 amide bonds. The molecule has 0 saturated heterocycles. The first-order valence-electron chi connectivity index (χ1n) is 5.21. The van der Waals surface area contributed by atoms with E-state index in [2.05, 4.69) is 0 Å². The van der Waals surface area contributed by atoms with Crippen molar-refractivity contribution < 1.29 is 28.5 Å². The summed E-state index contributed by atoms with van der Waals surface area (Å²) in [6.45, 7) is 1.41. The first kappa shape index (κ1) is 12.2. The summed E-state index contributed by atoms with van der Waals surface area (Å²) in [6, 6.07) is 1.60. The summed E-state index contributed by atoms with van der Waals surface area (Å²) in [7, 11) is 2.82. The number of carbonyl (C=O) groups is 2. The van der Waals surface area contributed by atoms with Crippen molar-refractivity contribution in [3.63, 3.8) is 0 Å². The number of fused-ring (bicyclic) bond motifs is 1. The minimum atomic E-state index is -0.530. The summed E-state index contributed by atoms with van der Waals surface area (Å²) in [5, 5.41) is 0. The maximum atomic E-state index is 11.6. The minimum absolute atomic E-state index is 0.0881. The first-order valence-corrected chi connectivity index (χ1v) is 5.21. The molecule has 1 aliphatic rings. The highest BCUT2D eigenvalue weighted by Gasteiger charge is 2.31. The number of hydrogen-bond acceptors (Lipinski definition) is 6. The highest BCUT2D eigenvalue weighted by Crippen LogP contribution is 2.44. The van der Waals surface area contributed by atoms with Crippen LogP contribution in [-0.2, 0) is 16.1 Å². The Bertz CT molecular complexity index is 520. The van der Waals surface area contributed by atoms with E-state index in [0.29, 0.717) is 11.3 Å². The zero-order valence-electron chi connectivity index (χ0n) is 10.2. The Balaban J connectivity index is 2.65. The molecule has 1 aromatic carbocycles. The summed E-state index contributed by atoms with van der Waals surface area (Å²) in [4.78, 5) is 22.7. The molecule has 0 atom stereocenters. The summed E-state index contributed by atoms with van der Waals surface area (Å²) in [6.07, 6.45) is 0. The Morgan fingerprint density at radius 3 is 2.56 bits per heavy atom. The zero-order valence-corrected chi connectivity index (χ0v) is 10.2. The molecule has 0 fully saturated rings. The maximum Gasteiger partial charge on any atom is 0.342 e. The van der Waals surface area contributed by atoms with Crippen molar-refractivity contribution in [1.29, 1.82) is 0 Å². The van der Waals surface area contributed by atoms with Gasteiger partial charge in [0.25, 0.3) is 0 Å². The molecule has 1 heterocycles. The van der Waals surface area contributed by atoms with Crippen molar-refractivity contribution >= 4 is 11.9 Å². The van der Waals surface area contributed by atoms with Crippen molar-refractivity contribution in [2.75, 3.05) is 14.2 Å². The standard InChI is InChI=1S/C12H12O6/c1-6(13)18-10-8(15-2)4-7-5-17-12(14)9(7)11(10)16-3/h4H,5H2,1-3H3. The molecule has 1 aliphatic heterocycles. The molecule has 0 radical (unpaired) electrons. The van der Waals surface area contributed by atoms with Gasteiger partial charge in [0.2, 0.25) is 5.75 Å². The Hall–Kier alpha value is -2.24. The van der Waals surface area contributed by atoms with E-state index in [4.69, 9.17) is 18.9 Å². The molecule has 2 rings (SSSR count). The van der Waals surface area contributed by atoms with Gasteiger partial charge in [0.15, 0.2) is 11.5 Å². The van der Waals surface area contributed by atoms with Gasteiger partial charge in [-0.1, -0.05) is 0 Å². The SMILES string of the molecule is COc1cc2c(c(OC)c1OC(C)=O)C(=O)OC2. The zero-order chi connectivity index (χ0) is 13.3. The second-order valence-electron chi connectivity index (χ2n) is 3.65. The van der Waals surface area contributed by atoms with Crippen LogP contribution in [0, 0.1) is 0 Å². The van der Waals surface area contributed by atoms with E-state index >= 15 is 0 Å². The number of ether oxygens (including phenoxy) is 4. The third-order valence-electron chi connectivity index (χ3n) is 2.52. The van der Waals surface area contributed by atoms with E-state index in [1.54, 1.807) is 6.07 Å². The topological polar surface area (TPSA) is 71.1 Å². The lowest BCUT2D eigenvalue weighted by Gasteiger charge is -2.14. The smallest absolute Gasteiger partial charge is 0.342 e. The second-order valence-corrected chi connectivity index (χ2v) is 3.65. The highest BCUT2D eigenvalue weighted by atomic mass is 16.6. The predicted octanol–water partition coefficient (Wildman–Crippen LogP) is 1.30. The van der Waals surface area contributed by atoms with Crippen LogP contribution in [0.15, 0.2) is 6.07 Å². The van der Waals surface area contributed by atoms with Crippen LogP contribution in [0.25, 0.3) is 0 Å². The van der Waals surface area contributed by atoms with Gasteiger partial charge in [0.05, 0.1) is 14.2 Å². The van der Waals surface area contributed by atoms with Crippen LogP contribution in [0.1, 0.15) is 22.8 Å². The number of rotatable bonds is 3. The fourth-order valence-electron chi connectivity index (χ4n) is 1.81. The average molecular weight is 252 g/mol. The highest BCUT2D eigenvalue weighted by molar-refractivity contribution is 5.98. The molecule has 0 bridgehead atoms. The van der Waals surface area contributed by atoms with E-state index < -0.39 is 11.9 Å². The van der Waals surface area contributed by atoms with Gasteiger partial charge >= 0.3 is 11.9 Å². The van der Waals surface area contributed by atoms with Gasteiger partial charge in [-0.05, 0) is 6.07 Å². The van der Waals surface area contributed by atoms with Crippen molar-refractivity contribution in [2.45, 2.75) is 13.5 Å². The van der Waals surface area contributed by atoms with Gasteiger partial charge in [-0.15, -0.1) is 0 Å². The van der Waals surface area contributed by atoms with Crippen LogP contribution in [0.3, 0.4) is 0 Å². The third-order valence-corrected chi connectivity index (χ3v) is 2.52. The van der Waals surface area contributed by atoms with E-state index in [-0.39, 0.29) is 23.7 Å². The Morgan fingerprint density at radius 1 is 1.28 bits per heavy atom. The van der Waals surface area contributed by atoms with Gasteiger partial charge in [0, 0.05) is 12.5 Å². The summed E-state index contributed by atoms with van der Waals surface area (Å²) >= 11 is 0. The minimum Gasteiger partial charge on any atom is -0.493 e. The molecule has 0 aliphatic carbocycles. The monoisotopic (exact) mass is 252 g/mol. The van der Waals surface area contributed by atoms with Crippen LogP contribution in [-0.4, -0.2) is 26.2 Å². The van der Waals surface area contributed by atoms with E-state index in [0.717, 1.165) is 0 Å². The fourth-order valence-corrected chi connectivity index (χ4v) is 1.81. The van der Waals surface area contributed by atoms with Gasteiger partial charge in [-0.25, -0.2) is 4.79 Å². The summed E-state index contributed by atoms with van der Waals surface area (Å²) < 4.78 is 20.2. The fraction of sp³-hybridized carbons (Fsp3) is 0.333. The molecule has 0 N–H and O–H groups in total. The van der Waals surface area contributed by atoms with Crippen LogP contribution < -0.4 is 14.2 Å². The van der Waals surface area contributed by atoms with Gasteiger partial charge < -0.3 is 18.9 Å². The molecule has 6 nitrogen and oxygen atoms in total. The number of methoxy groups -OCH3 is 2. The van der Waals surface area contributed by atoms with Crippen molar-refractivity contribution in [3.05, 3.63) is 17.2 Å². The lowest BCUT2D eigenvalue weighted by Crippen LogP contribution is -2.08. The predicted molar refractivity (Wildman–Crippen MR) is 60.0 cm³/mol. The Morgan fingerprint density at radius 2 is 2.00 bits per heavy atom. The quantitative estimate of drug-likeness (QED) is 0.596. The molecule has 0 unspecified atom stereocenters. The average Bonchev–Trinajstić information content (AvgIpc) is 2.69. The molecule has 0 spiro atoms. The van der Waals surface area contributed by atoms with Crippen molar-refractivity contribution in [2.24, 2.45) is 0 Å². The van der Waals surface area contributed by atoms with Crippen LogP contribution in [0.2, 0.25) is 0 Å². The molecule has 18 heavy (non-hydrogen) atoms. The lowest BCUT2D eigenvalue weighted by molar-refractivity contribution is -0.132. The second kappa shape index (κ2) is 4.56. The van der Waals surface area contributed by atoms with Crippen LogP contribution in [0.4, 0.5) is 0 Å². The van der Waals surface area contributed by atoms with Gasteiger partial charge in [0.1, 0.15) is 12.2 Å². The molecule has 6 heteroatoms. The number of cyclic esters (lactones) is 1. The molecule has 0 saturated carbocycles. The van der Waals surface area contributed by atoms with Crippen molar-refractivity contribution in [3.8, 4) is 17.2 Å². The van der Waals surface area contributed by atoms with Crippen LogP contribution >= 0.6 is 0 Å². The van der Waals surface area contributed by atoms with E-state index in [1.165, 1.54) is 21.1 Å². The van der Waals surface area contributed by atoms with Crippen molar-refractivity contribution in [1.82, 2.24) is 0 Å². The molecule has 0 aromatic heterocycles. The lowest BCUT2D eigenvalue weighted by atomic mass is 10.1. The Labute approximate surface area is 103 Å². The maximum absolute atomic E-state index is 11.6. The summed E-state index contributed by atoms with van der Waals surface area (Å²) in [5.74, 6) is -0.470. The molecule has 96 valence electrons. The number of hydrogen-bond donors (Lipinski definition) is 0. The molecular weight excluding hydrogens is 240 g/mol. The third kappa shape index (κ3) is 1.85. The summed E-state index contributed by atoms with van der Waals surface area (Å²) in [5.41, 5.74) is 0.916. The number of esters is 2. The molecular formula is C12H12O6. The first-order chi connectivity index (χ1) is 8.58. The van der Waals surface area contributed by atoms with Crippen LogP contribution in [0.5, 0.6) is 17.2 Å². The number of carbonyl (C=O) groups excluding carboxylic acids is 2. The van der Waals surface area contributed by atoms with E-state index in [1.807, 2.05) is 0 Å². The number of benzene rings is 1. The largest absolute Gasteiger partial charge is 0.493 e. The normalized spacial score (nSPS) is 12.7. The Kier molecular flexibility index (Phi) is 3.10.